The number of carbonyl (C=O) groups is 1. The number of methoxy groups -OCH3 is 1. The molecule has 1 aromatic carbocycles. The van der Waals surface area contributed by atoms with Crippen LogP contribution in [0.4, 0.5) is 0 Å². The fourth-order valence-electron chi connectivity index (χ4n) is 2.80. The summed E-state index contributed by atoms with van der Waals surface area (Å²) in [6, 6.07) is 7.74. The number of amides is 1. The Morgan fingerprint density at radius 1 is 1.28 bits per heavy atom. The maximum Gasteiger partial charge on any atom is 0.253 e. The number of hydrogen-bond acceptors (Lipinski definition) is 3. The molecule has 0 aromatic heterocycles. The van der Waals surface area contributed by atoms with E-state index in [4.69, 9.17) is 10.5 Å². The topological polar surface area (TPSA) is 80.0 Å². The number of nitrogens with two attached hydrogens (primary N) is 1. The van der Waals surface area contributed by atoms with Crippen molar-refractivity contribution < 1.29 is 9.53 Å². The monoisotopic (exact) mass is 460 g/mol. The zero-order valence-corrected chi connectivity index (χ0v) is 17.4. The lowest BCUT2D eigenvalue weighted by atomic mass is 10.1. The molecule has 25 heavy (non-hydrogen) atoms. The Hall–Kier alpha value is -1.35. The molecule has 0 aliphatic carbocycles. The Kier molecular flexibility index (Phi) is 9.81. The second-order valence-electron chi connectivity index (χ2n) is 6.25. The van der Waals surface area contributed by atoms with E-state index in [2.05, 4.69) is 10.3 Å². The SMILES string of the molecule is COCC(C)NC(N)=NCc1ccc(C(=O)N2CCCCC2)cc1.I. The van der Waals surface area contributed by atoms with E-state index in [0.717, 1.165) is 37.1 Å². The Labute approximate surface area is 167 Å². The van der Waals surface area contributed by atoms with Crippen LogP contribution < -0.4 is 11.1 Å². The first-order valence-electron chi connectivity index (χ1n) is 8.53. The molecule has 1 saturated heterocycles. The fourth-order valence-corrected chi connectivity index (χ4v) is 2.80. The molecule has 0 bridgehead atoms. The van der Waals surface area contributed by atoms with E-state index in [1.54, 1.807) is 7.11 Å². The van der Waals surface area contributed by atoms with Gasteiger partial charge in [-0.2, -0.15) is 0 Å². The van der Waals surface area contributed by atoms with Crippen LogP contribution in [0.3, 0.4) is 0 Å². The molecule has 0 spiro atoms. The second kappa shape index (κ2) is 11.3. The van der Waals surface area contributed by atoms with Gasteiger partial charge in [0.15, 0.2) is 5.96 Å². The summed E-state index contributed by atoms with van der Waals surface area (Å²) in [7, 11) is 1.65. The number of nitrogens with zero attached hydrogens (tertiary/aromatic N) is 2. The molecular formula is C18H29IN4O2. The van der Waals surface area contributed by atoms with Gasteiger partial charge >= 0.3 is 0 Å². The van der Waals surface area contributed by atoms with Crippen molar-refractivity contribution in [1.82, 2.24) is 10.2 Å². The number of hydrogen-bond donors (Lipinski definition) is 2. The summed E-state index contributed by atoms with van der Waals surface area (Å²) in [5, 5.41) is 3.07. The third-order valence-corrected chi connectivity index (χ3v) is 4.09. The van der Waals surface area contributed by atoms with Crippen molar-refractivity contribution in [1.29, 1.82) is 0 Å². The van der Waals surface area contributed by atoms with Crippen LogP contribution in [0, 0.1) is 0 Å². The summed E-state index contributed by atoms with van der Waals surface area (Å²) >= 11 is 0. The molecule has 1 unspecified atom stereocenters. The Bertz CT molecular complexity index is 557. The van der Waals surface area contributed by atoms with Crippen molar-refractivity contribution in [3.63, 3.8) is 0 Å². The fraction of sp³-hybridized carbons (Fsp3) is 0.556. The van der Waals surface area contributed by atoms with Crippen LogP contribution in [0.2, 0.25) is 0 Å². The van der Waals surface area contributed by atoms with E-state index < -0.39 is 0 Å². The maximum atomic E-state index is 12.4. The number of nitrogens with one attached hydrogen (secondary N) is 1. The van der Waals surface area contributed by atoms with Gasteiger partial charge in [-0.3, -0.25) is 4.79 Å². The van der Waals surface area contributed by atoms with E-state index in [9.17, 15) is 4.79 Å². The molecular weight excluding hydrogens is 431 g/mol. The molecule has 1 atom stereocenters. The van der Waals surface area contributed by atoms with E-state index in [1.807, 2.05) is 36.1 Å². The van der Waals surface area contributed by atoms with Crippen LogP contribution in [0.25, 0.3) is 0 Å². The van der Waals surface area contributed by atoms with Gasteiger partial charge in [-0.1, -0.05) is 12.1 Å². The molecule has 0 radical (unpaired) electrons. The minimum Gasteiger partial charge on any atom is -0.383 e. The quantitative estimate of drug-likeness (QED) is 0.388. The second-order valence-corrected chi connectivity index (χ2v) is 6.25. The number of benzene rings is 1. The van der Waals surface area contributed by atoms with Crippen LogP contribution in [-0.4, -0.2) is 49.6 Å². The van der Waals surface area contributed by atoms with Gasteiger partial charge in [-0.15, -0.1) is 24.0 Å². The molecule has 2 rings (SSSR count). The lowest BCUT2D eigenvalue weighted by Crippen LogP contribution is -2.40. The van der Waals surface area contributed by atoms with Crippen LogP contribution in [0.15, 0.2) is 29.3 Å². The van der Waals surface area contributed by atoms with Crippen molar-refractivity contribution in [3.8, 4) is 0 Å². The molecule has 140 valence electrons. The molecule has 1 fully saturated rings. The lowest BCUT2D eigenvalue weighted by molar-refractivity contribution is 0.0724. The summed E-state index contributed by atoms with van der Waals surface area (Å²) in [4.78, 5) is 18.7. The molecule has 1 aliphatic heterocycles. The highest BCUT2D eigenvalue weighted by molar-refractivity contribution is 14.0. The summed E-state index contributed by atoms with van der Waals surface area (Å²) in [6.45, 7) is 4.77. The standard InChI is InChI=1S/C18H28N4O2.HI/c1-14(13-24-2)21-18(19)20-12-15-6-8-16(9-7-15)17(23)22-10-4-3-5-11-22;/h6-9,14H,3-5,10-13H2,1-2H3,(H3,19,20,21);1H. The predicted octanol–water partition coefficient (Wildman–Crippen LogP) is 2.37. The average molecular weight is 460 g/mol. The largest absolute Gasteiger partial charge is 0.383 e. The van der Waals surface area contributed by atoms with Gasteiger partial charge < -0.3 is 20.7 Å². The smallest absolute Gasteiger partial charge is 0.253 e. The average Bonchev–Trinajstić information content (AvgIpc) is 2.61. The molecule has 6 nitrogen and oxygen atoms in total. The summed E-state index contributed by atoms with van der Waals surface area (Å²) in [5.74, 6) is 0.521. The highest BCUT2D eigenvalue weighted by atomic mass is 127. The van der Waals surface area contributed by atoms with Crippen molar-refractivity contribution in [2.75, 3.05) is 26.8 Å². The molecule has 7 heteroatoms. The minimum atomic E-state index is 0. The lowest BCUT2D eigenvalue weighted by Gasteiger charge is -2.26. The van der Waals surface area contributed by atoms with E-state index in [-0.39, 0.29) is 35.9 Å². The third kappa shape index (κ3) is 7.19. The van der Waals surface area contributed by atoms with Crippen molar-refractivity contribution in [2.24, 2.45) is 10.7 Å². The Balaban J connectivity index is 0.00000312. The number of halogens is 1. The number of carbonyl (C=O) groups excluding carboxylic acids is 1. The van der Waals surface area contributed by atoms with Crippen LogP contribution in [0.1, 0.15) is 42.1 Å². The maximum absolute atomic E-state index is 12.4. The zero-order valence-electron chi connectivity index (χ0n) is 15.0. The summed E-state index contributed by atoms with van der Waals surface area (Å²) < 4.78 is 5.04. The van der Waals surface area contributed by atoms with Crippen LogP contribution in [-0.2, 0) is 11.3 Å². The number of ether oxygens (including phenoxy) is 1. The summed E-state index contributed by atoms with van der Waals surface area (Å²) in [6.07, 6.45) is 3.43. The number of likely N-dealkylation sites (tertiary alicyclic amines) is 1. The minimum absolute atomic E-state index is 0. The first-order valence-corrected chi connectivity index (χ1v) is 8.53. The van der Waals surface area contributed by atoms with Gasteiger partial charge in [0.05, 0.1) is 13.2 Å². The van der Waals surface area contributed by atoms with Gasteiger partial charge in [0.1, 0.15) is 0 Å². The van der Waals surface area contributed by atoms with Crippen molar-refractivity contribution >= 4 is 35.8 Å². The van der Waals surface area contributed by atoms with Crippen LogP contribution in [0.5, 0.6) is 0 Å². The number of aliphatic imine (C=N–C) groups is 1. The van der Waals surface area contributed by atoms with E-state index in [0.29, 0.717) is 19.1 Å². The Morgan fingerprint density at radius 3 is 2.52 bits per heavy atom. The highest BCUT2D eigenvalue weighted by Gasteiger charge is 2.17. The summed E-state index contributed by atoms with van der Waals surface area (Å²) in [5.41, 5.74) is 7.61. The molecule has 1 heterocycles. The number of rotatable bonds is 6. The van der Waals surface area contributed by atoms with Gasteiger partial charge in [0.2, 0.25) is 0 Å². The zero-order chi connectivity index (χ0) is 17.4. The van der Waals surface area contributed by atoms with Gasteiger partial charge in [-0.25, -0.2) is 4.99 Å². The first kappa shape index (κ1) is 21.7. The van der Waals surface area contributed by atoms with E-state index >= 15 is 0 Å². The molecule has 1 aliphatic rings. The van der Waals surface area contributed by atoms with Crippen molar-refractivity contribution in [2.45, 2.75) is 38.8 Å². The van der Waals surface area contributed by atoms with Gasteiger partial charge in [0, 0.05) is 31.8 Å². The number of piperidine rings is 1. The van der Waals surface area contributed by atoms with Crippen LogP contribution >= 0.6 is 24.0 Å². The number of guanidine groups is 1. The van der Waals surface area contributed by atoms with E-state index in [1.165, 1.54) is 6.42 Å². The molecule has 3 N–H and O–H groups in total. The predicted molar refractivity (Wildman–Crippen MR) is 111 cm³/mol. The molecule has 1 aromatic rings. The Morgan fingerprint density at radius 2 is 1.92 bits per heavy atom. The molecule has 1 amide bonds. The third-order valence-electron chi connectivity index (χ3n) is 4.09. The van der Waals surface area contributed by atoms with Gasteiger partial charge in [-0.05, 0) is 43.9 Å². The molecule has 0 saturated carbocycles. The van der Waals surface area contributed by atoms with Gasteiger partial charge in [0.25, 0.3) is 5.91 Å². The normalized spacial score (nSPS) is 16.1. The highest BCUT2D eigenvalue weighted by Crippen LogP contribution is 2.14. The first-order chi connectivity index (χ1) is 11.6. The van der Waals surface area contributed by atoms with Crippen molar-refractivity contribution in [3.05, 3.63) is 35.4 Å².